The molecule has 0 atom stereocenters. The van der Waals surface area contributed by atoms with Crippen LogP contribution in [0.1, 0.15) is 51.0 Å². The first-order valence-electron chi connectivity index (χ1n) is 7.53. The number of hydrogen-bond donors (Lipinski definition) is 2. The van der Waals surface area contributed by atoms with Crippen molar-refractivity contribution in [3.05, 3.63) is 23.9 Å². The molecule has 0 amide bonds. The summed E-state index contributed by atoms with van der Waals surface area (Å²) in [4.78, 5) is 0. The average molecular weight is 273 g/mol. The molecule has 0 spiro atoms. The molecule has 4 heteroatoms. The van der Waals surface area contributed by atoms with E-state index in [2.05, 4.69) is 36.2 Å². The summed E-state index contributed by atoms with van der Waals surface area (Å²) >= 11 is 0. The van der Waals surface area contributed by atoms with E-state index in [1.54, 1.807) is 0 Å². The lowest BCUT2D eigenvalue weighted by atomic mass is 9.93. The topological polar surface area (TPSA) is 63.9 Å². The Morgan fingerprint density at radius 3 is 2.70 bits per heavy atom. The van der Waals surface area contributed by atoms with Gasteiger partial charge in [0.05, 0.1) is 17.8 Å². The minimum atomic E-state index is 0.302. The highest BCUT2D eigenvalue weighted by Crippen LogP contribution is 2.35. The molecule has 1 aromatic heterocycles. The van der Waals surface area contributed by atoms with E-state index in [0.29, 0.717) is 18.1 Å². The average Bonchev–Trinajstić information content (AvgIpc) is 2.89. The van der Waals surface area contributed by atoms with Crippen molar-refractivity contribution in [1.82, 2.24) is 10.2 Å². The quantitative estimate of drug-likeness (QED) is 0.901. The Hall–Kier alpha value is -1.55. The summed E-state index contributed by atoms with van der Waals surface area (Å²) in [5.74, 6) is 1.42. The number of fused-ring (bicyclic) bond motifs is 1. The molecule has 1 aromatic carbocycles. The number of nitrogens with two attached hydrogens (primary N) is 1. The summed E-state index contributed by atoms with van der Waals surface area (Å²) in [6.45, 7) is 4.40. The molecular formula is C16H23N3O. The fourth-order valence-corrected chi connectivity index (χ4v) is 3.10. The van der Waals surface area contributed by atoms with E-state index < -0.39 is 0 Å². The number of H-pyrrole nitrogens is 1. The van der Waals surface area contributed by atoms with E-state index in [4.69, 9.17) is 10.5 Å². The number of rotatable bonds is 3. The van der Waals surface area contributed by atoms with E-state index in [0.717, 1.165) is 36.9 Å². The maximum absolute atomic E-state index is 6.28. The van der Waals surface area contributed by atoms with Crippen molar-refractivity contribution in [2.24, 2.45) is 5.73 Å². The normalized spacial score (nSPS) is 23.4. The number of hydrogen-bond acceptors (Lipinski definition) is 3. The Balaban J connectivity index is 1.88. The summed E-state index contributed by atoms with van der Waals surface area (Å²) in [6.07, 6.45) is 6.45. The molecule has 1 fully saturated rings. The lowest BCUT2D eigenvalue weighted by Crippen LogP contribution is -2.31. The van der Waals surface area contributed by atoms with Gasteiger partial charge in [-0.05, 0) is 43.7 Å². The number of nitrogens with one attached hydrogen (secondary N) is 1. The molecular weight excluding hydrogens is 250 g/mol. The van der Waals surface area contributed by atoms with Crippen LogP contribution in [-0.4, -0.2) is 22.3 Å². The molecule has 20 heavy (non-hydrogen) atoms. The Morgan fingerprint density at radius 1 is 1.25 bits per heavy atom. The standard InChI is InChI=1S/C16H23N3O/c1-10(2)16-13-9-18-19-14(13)7-8-15(16)20-12-5-3-11(17)4-6-12/h7-12H,3-6,17H2,1-2H3,(H,18,19)/t11-,12+. The first-order valence-corrected chi connectivity index (χ1v) is 7.53. The zero-order chi connectivity index (χ0) is 14.1. The zero-order valence-electron chi connectivity index (χ0n) is 12.2. The molecule has 1 aliphatic carbocycles. The molecule has 3 rings (SSSR count). The van der Waals surface area contributed by atoms with Gasteiger partial charge in [0.1, 0.15) is 5.75 Å². The van der Waals surface area contributed by atoms with Crippen LogP contribution in [0.25, 0.3) is 10.9 Å². The zero-order valence-corrected chi connectivity index (χ0v) is 12.2. The van der Waals surface area contributed by atoms with Crippen molar-refractivity contribution >= 4 is 10.9 Å². The molecule has 0 aliphatic heterocycles. The van der Waals surface area contributed by atoms with Gasteiger partial charge in [0.25, 0.3) is 0 Å². The van der Waals surface area contributed by atoms with Crippen molar-refractivity contribution in [2.75, 3.05) is 0 Å². The second kappa shape index (κ2) is 5.44. The van der Waals surface area contributed by atoms with Crippen LogP contribution in [0.15, 0.2) is 18.3 Å². The predicted octanol–water partition coefficient (Wildman–Crippen LogP) is 3.34. The van der Waals surface area contributed by atoms with Crippen molar-refractivity contribution in [3.63, 3.8) is 0 Å². The third kappa shape index (κ3) is 2.52. The molecule has 1 aliphatic rings. The molecule has 1 saturated carbocycles. The largest absolute Gasteiger partial charge is 0.490 e. The Morgan fingerprint density at radius 2 is 2.00 bits per heavy atom. The number of benzene rings is 1. The molecule has 0 bridgehead atoms. The van der Waals surface area contributed by atoms with E-state index in [9.17, 15) is 0 Å². The molecule has 0 unspecified atom stereocenters. The van der Waals surface area contributed by atoms with Gasteiger partial charge in [-0.2, -0.15) is 5.10 Å². The van der Waals surface area contributed by atoms with Crippen LogP contribution in [0.5, 0.6) is 5.75 Å². The van der Waals surface area contributed by atoms with Gasteiger partial charge in [-0.1, -0.05) is 13.8 Å². The molecule has 0 radical (unpaired) electrons. The van der Waals surface area contributed by atoms with E-state index >= 15 is 0 Å². The van der Waals surface area contributed by atoms with Crippen LogP contribution in [0.2, 0.25) is 0 Å². The van der Waals surface area contributed by atoms with Gasteiger partial charge in [0.2, 0.25) is 0 Å². The maximum atomic E-state index is 6.28. The first-order chi connectivity index (χ1) is 9.65. The van der Waals surface area contributed by atoms with E-state index in [1.807, 2.05) is 6.20 Å². The number of aromatic amines is 1. The number of ether oxygens (including phenoxy) is 1. The summed E-state index contributed by atoms with van der Waals surface area (Å²) < 4.78 is 6.28. The van der Waals surface area contributed by atoms with Crippen molar-refractivity contribution in [1.29, 1.82) is 0 Å². The second-order valence-electron chi connectivity index (χ2n) is 6.12. The van der Waals surface area contributed by atoms with Gasteiger partial charge in [-0.3, -0.25) is 5.10 Å². The van der Waals surface area contributed by atoms with Gasteiger partial charge < -0.3 is 10.5 Å². The third-order valence-corrected chi connectivity index (χ3v) is 4.22. The Kier molecular flexibility index (Phi) is 3.66. The van der Waals surface area contributed by atoms with Crippen molar-refractivity contribution in [3.8, 4) is 5.75 Å². The van der Waals surface area contributed by atoms with Crippen LogP contribution in [0, 0.1) is 0 Å². The molecule has 0 saturated heterocycles. The SMILES string of the molecule is CC(C)c1c(O[C@H]2CC[C@@H](N)CC2)ccc2[nH]ncc12. The maximum Gasteiger partial charge on any atom is 0.123 e. The summed E-state index contributed by atoms with van der Waals surface area (Å²) in [5.41, 5.74) is 8.29. The molecule has 108 valence electrons. The molecule has 2 aromatic rings. The fourth-order valence-electron chi connectivity index (χ4n) is 3.10. The summed E-state index contributed by atoms with van der Waals surface area (Å²) in [5, 5.41) is 8.35. The lowest BCUT2D eigenvalue weighted by molar-refractivity contribution is 0.145. The van der Waals surface area contributed by atoms with Crippen LogP contribution >= 0.6 is 0 Å². The van der Waals surface area contributed by atoms with Gasteiger partial charge in [0, 0.05) is 17.0 Å². The molecule has 1 heterocycles. The van der Waals surface area contributed by atoms with Gasteiger partial charge in [-0.25, -0.2) is 0 Å². The summed E-state index contributed by atoms with van der Waals surface area (Å²) in [6, 6.07) is 4.48. The molecule has 3 N–H and O–H groups in total. The predicted molar refractivity (Wildman–Crippen MR) is 81.0 cm³/mol. The minimum Gasteiger partial charge on any atom is -0.490 e. The lowest BCUT2D eigenvalue weighted by Gasteiger charge is -2.28. The third-order valence-electron chi connectivity index (χ3n) is 4.22. The van der Waals surface area contributed by atoms with Crippen LogP contribution in [0.3, 0.4) is 0 Å². The van der Waals surface area contributed by atoms with Crippen LogP contribution in [-0.2, 0) is 0 Å². The van der Waals surface area contributed by atoms with Gasteiger partial charge in [-0.15, -0.1) is 0 Å². The second-order valence-corrected chi connectivity index (χ2v) is 6.12. The fraction of sp³-hybridized carbons (Fsp3) is 0.562. The Bertz CT molecular complexity index is 582. The highest BCUT2D eigenvalue weighted by atomic mass is 16.5. The smallest absolute Gasteiger partial charge is 0.123 e. The summed E-state index contributed by atoms with van der Waals surface area (Å²) in [7, 11) is 0. The number of aromatic nitrogens is 2. The van der Waals surface area contributed by atoms with Crippen molar-refractivity contribution < 1.29 is 4.74 Å². The van der Waals surface area contributed by atoms with Gasteiger partial charge >= 0.3 is 0 Å². The monoisotopic (exact) mass is 273 g/mol. The first kappa shape index (κ1) is 13.4. The van der Waals surface area contributed by atoms with Crippen LogP contribution < -0.4 is 10.5 Å². The van der Waals surface area contributed by atoms with E-state index in [1.165, 1.54) is 10.9 Å². The minimum absolute atomic E-state index is 0.302. The van der Waals surface area contributed by atoms with E-state index in [-0.39, 0.29) is 0 Å². The van der Waals surface area contributed by atoms with Crippen molar-refractivity contribution in [2.45, 2.75) is 57.6 Å². The van der Waals surface area contributed by atoms with Crippen LogP contribution in [0.4, 0.5) is 0 Å². The van der Waals surface area contributed by atoms with Gasteiger partial charge in [0.15, 0.2) is 0 Å². The highest BCUT2D eigenvalue weighted by molar-refractivity contribution is 5.84. The number of nitrogens with zero attached hydrogens (tertiary/aromatic N) is 1. The Labute approximate surface area is 119 Å². The molecule has 4 nitrogen and oxygen atoms in total. The highest BCUT2D eigenvalue weighted by Gasteiger charge is 2.22.